The molecule has 4 nitrogen and oxygen atoms in total. The third-order valence-corrected chi connectivity index (χ3v) is 5.63. The van der Waals surface area contributed by atoms with Gasteiger partial charge in [0.2, 0.25) is 0 Å². The average molecular weight is 364 g/mol. The zero-order chi connectivity index (χ0) is 17.3. The second kappa shape index (κ2) is 6.57. The van der Waals surface area contributed by atoms with Gasteiger partial charge in [0.05, 0.1) is 10.9 Å². The Morgan fingerprint density at radius 2 is 1.88 bits per heavy atom. The van der Waals surface area contributed by atoms with E-state index in [0.717, 1.165) is 31.1 Å². The highest BCUT2D eigenvalue weighted by molar-refractivity contribution is 7.90. The number of nitrogens with one attached hydrogen (secondary N) is 1. The Kier molecular flexibility index (Phi) is 4.65. The van der Waals surface area contributed by atoms with Gasteiger partial charge in [-0.2, -0.15) is 0 Å². The summed E-state index contributed by atoms with van der Waals surface area (Å²) in [6.45, 7) is 0. The molecule has 0 saturated carbocycles. The van der Waals surface area contributed by atoms with E-state index in [4.69, 9.17) is 11.6 Å². The summed E-state index contributed by atoms with van der Waals surface area (Å²) in [5, 5.41) is 3.74. The quantitative estimate of drug-likeness (QED) is 0.907. The fourth-order valence-electron chi connectivity index (χ4n) is 3.03. The molecule has 0 saturated heterocycles. The predicted octanol–water partition coefficient (Wildman–Crippen LogP) is 3.55. The van der Waals surface area contributed by atoms with E-state index in [-0.39, 0.29) is 16.8 Å². The first kappa shape index (κ1) is 17.0. The number of carbonyl (C=O) groups is 1. The van der Waals surface area contributed by atoms with Gasteiger partial charge in [0.25, 0.3) is 5.91 Å². The van der Waals surface area contributed by atoms with Crippen LogP contribution in [-0.4, -0.2) is 20.6 Å². The van der Waals surface area contributed by atoms with E-state index in [1.165, 1.54) is 29.8 Å². The van der Waals surface area contributed by atoms with Gasteiger partial charge in [-0.3, -0.25) is 4.79 Å². The Balaban J connectivity index is 1.79. The number of fused-ring (bicyclic) bond motifs is 1. The third kappa shape index (κ3) is 3.62. The molecule has 0 spiro atoms. The predicted molar refractivity (Wildman–Crippen MR) is 94.1 cm³/mol. The highest BCUT2D eigenvalue weighted by atomic mass is 35.5. The Hall–Kier alpha value is -1.85. The molecule has 2 aromatic carbocycles. The lowest BCUT2D eigenvalue weighted by atomic mass is 9.87. The Morgan fingerprint density at radius 1 is 1.17 bits per heavy atom. The smallest absolute Gasteiger partial charge is 0.251 e. The van der Waals surface area contributed by atoms with Crippen molar-refractivity contribution in [1.82, 2.24) is 5.32 Å². The third-order valence-electron chi connectivity index (χ3n) is 4.27. The van der Waals surface area contributed by atoms with Gasteiger partial charge in [0.1, 0.15) is 0 Å². The van der Waals surface area contributed by atoms with Crippen LogP contribution in [0.25, 0.3) is 0 Å². The van der Waals surface area contributed by atoms with Crippen LogP contribution in [0.2, 0.25) is 5.02 Å². The summed E-state index contributed by atoms with van der Waals surface area (Å²) in [7, 11) is -3.26. The molecule has 0 aliphatic heterocycles. The molecule has 1 atom stereocenters. The van der Waals surface area contributed by atoms with Gasteiger partial charge in [-0.05, 0) is 66.8 Å². The monoisotopic (exact) mass is 363 g/mol. The molecule has 0 fully saturated rings. The molecule has 0 heterocycles. The van der Waals surface area contributed by atoms with Gasteiger partial charge >= 0.3 is 0 Å². The molecule has 6 heteroatoms. The van der Waals surface area contributed by atoms with Crippen LogP contribution in [-0.2, 0) is 16.3 Å². The molecule has 1 N–H and O–H groups in total. The molecule has 0 bridgehead atoms. The molecular weight excluding hydrogens is 346 g/mol. The van der Waals surface area contributed by atoms with Crippen LogP contribution in [0.1, 0.15) is 40.4 Å². The van der Waals surface area contributed by atoms with E-state index in [9.17, 15) is 13.2 Å². The summed E-state index contributed by atoms with van der Waals surface area (Å²) in [6.07, 6.45) is 3.98. The van der Waals surface area contributed by atoms with E-state index in [1.54, 1.807) is 0 Å². The fourth-order valence-corrected chi connectivity index (χ4v) is 3.85. The second-order valence-electron chi connectivity index (χ2n) is 6.06. The van der Waals surface area contributed by atoms with Crippen molar-refractivity contribution in [3.63, 3.8) is 0 Å². The summed E-state index contributed by atoms with van der Waals surface area (Å²) in [5.41, 5.74) is 2.72. The minimum Gasteiger partial charge on any atom is -0.345 e. The van der Waals surface area contributed by atoms with Crippen LogP contribution in [0.4, 0.5) is 0 Å². The Morgan fingerprint density at radius 3 is 2.54 bits per heavy atom. The van der Waals surface area contributed by atoms with Gasteiger partial charge < -0.3 is 5.32 Å². The number of amides is 1. The van der Waals surface area contributed by atoms with Crippen LogP contribution < -0.4 is 5.32 Å². The average Bonchev–Trinajstić information content (AvgIpc) is 2.54. The largest absolute Gasteiger partial charge is 0.345 e. The number of hydrogen-bond donors (Lipinski definition) is 1. The van der Waals surface area contributed by atoms with Crippen LogP contribution in [0.3, 0.4) is 0 Å². The SMILES string of the molecule is CS(=O)(=O)c1ccc(C(=O)N[C@H]2CCCc3cc(Cl)ccc32)cc1. The minimum atomic E-state index is -3.26. The maximum absolute atomic E-state index is 12.5. The molecule has 24 heavy (non-hydrogen) atoms. The van der Waals surface area contributed by atoms with Crippen LogP contribution in [0.5, 0.6) is 0 Å². The van der Waals surface area contributed by atoms with Crippen molar-refractivity contribution >= 4 is 27.3 Å². The standard InChI is InChI=1S/C18H18ClNO3S/c1-24(22,23)15-8-5-12(6-9-15)18(21)20-17-4-2-3-13-11-14(19)7-10-16(13)17/h5-11,17H,2-4H2,1H3,(H,20,21)/t17-/m0/s1. The summed E-state index contributed by atoms with van der Waals surface area (Å²) in [5.74, 6) is -0.206. The van der Waals surface area contributed by atoms with Crippen molar-refractivity contribution in [1.29, 1.82) is 0 Å². The van der Waals surface area contributed by atoms with Gasteiger partial charge in [0, 0.05) is 16.8 Å². The van der Waals surface area contributed by atoms with E-state index < -0.39 is 9.84 Å². The van der Waals surface area contributed by atoms with Gasteiger partial charge in [0.15, 0.2) is 9.84 Å². The molecule has 1 amide bonds. The number of rotatable bonds is 3. The van der Waals surface area contributed by atoms with Crippen molar-refractivity contribution in [2.75, 3.05) is 6.26 Å². The minimum absolute atomic E-state index is 0.0481. The van der Waals surface area contributed by atoms with Crippen molar-refractivity contribution in [2.24, 2.45) is 0 Å². The van der Waals surface area contributed by atoms with Gasteiger partial charge in [-0.25, -0.2) is 8.42 Å². The topological polar surface area (TPSA) is 63.2 Å². The van der Waals surface area contributed by atoms with Gasteiger partial charge in [-0.15, -0.1) is 0 Å². The lowest BCUT2D eigenvalue weighted by Gasteiger charge is -2.26. The number of aryl methyl sites for hydroxylation is 1. The number of hydrogen-bond acceptors (Lipinski definition) is 3. The van der Waals surface area contributed by atoms with Crippen LogP contribution in [0.15, 0.2) is 47.4 Å². The van der Waals surface area contributed by atoms with Crippen LogP contribution in [0, 0.1) is 0 Å². The summed E-state index contributed by atoms with van der Waals surface area (Å²) < 4.78 is 23.0. The lowest BCUT2D eigenvalue weighted by molar-refractivity contribution is 0.0932. The molecule has 0 aromatic heterocycles. The van der Waals surface area contributed by atoms with E-state index >= 15 is 0 Å². The maximum Gasteiger partial charge on any atom is 0.251 e. The number of halogens is 1. The van der Waals surface area contributed by atoms with Crippen molar-refractivity contribution in [3.8, 4) is 0 Å². The van der Waals surface area contributed by atoms with Crippen molar-refractivity contribution in [2.45, 2.75) is 30.2 Å². The Bertz CT molecular complexity index is 876. The van der Waals surface area contributed by atoms with E-state index in [2.05, 4.69) is 5.32 Å². The second-order valence-corrected chi connectivity index (χ2v) is 8.51. The molecule has 3 rings (SSSR count). The molecule has 0 unspecified atom stereocenters. The highest BCUT2D eigenvalue weighted by Crippen LogP contribution is 2.31. The fraction of sp³-hybridized carbons (Fsp3) is 0.278. The van der Waals surface area contributed by atoms with Crippen molar-refractivity contribution in [3.05, 3.63) is 64.2 Å². The van der Waals surface area contributed by atoms with Gasteiger partial charge in [-0.1, -0.05) is 17.7 Å². The molecule has 1 aliphatic carbocycles. The van der Waals surface area contributed by atoms with E-state index in [1.807, 2.05) is 18.2 Å². The summed E-state index contributed by atoms with van der Waals surface area (Å²) in [4.78, 5) is 12.7. The number of carbonyl (C=O) groups excluding carboxylic acids is 1. The Labute approximate surface area is 146 Å². The first-order valence-corrected chi connectivity index (χ1v) is 10.0. The highest BCUT2D eigenvalue weighted by Gasteiger charge is 2.22. The number of benzene rings is 2. The maximum atomic E-state index is 12.5. The van der Waals surface area contributed by atoms with Crippen molar-refractivity contribution < 1.29 is 13.2 Å². The summed E-state index contributed by atoms with van der Waals surface area (Å²) in [6, 6.07) is 11.7. The lowest BCUT2D eigenvalue weighted by Crippen LogP contribution is -2.31. The normalized spacial score (nSPS) is 17.2. The summed E-state index contributed by atoms with van der Waals surface area (Å²) >= 11 is 6.04. The molecule has 1 aliphatic rings. The molecule has 126 valence electrons. The molecular formula is C18H18ClNO3S. The van der Waals surface area contributed by atoms with E-state index in [0.29, 0.717) is 10.6 Å². The molecule has 2 aromatic rings. The zero-order valence-corrected chi connectivity index (χ0v) is 14.8. The first-order chi connectivity index (χ1) is 11.3. The first-order valence-electron chi connectivity index (χ1n) is 7.74. The molecule has 0 radical (unpaired) electrons. The zero-order valence-electron chi connectivity index (χ0n) is 13.3. The van der Waals surface area contributed by atoms with Crippen LogP contribution >= 0.6 is 11.6 Å². The number of sulfone groups is 1.